The second-order valence-corrected chi connectivity index (χ2v) is 5.38. The fourth-order valence-corrected chi connectivity index (χ4v) is 1.91. The van der Waals surface area contributed by atoms with Gasteiger partial charge in [-0.3, -0.25) is 0 Å². The molecule has 0 aliphatic rings. The van der Waals surface area contributed by atoms with Crippen LogP contribution in [0.25, 0.3) is 0 Å². The van der Waals surface area contributed by atoms with Gasteiger partial charge in [-0.2, -0.15) is 0 Å². The third-order valence-electron chi connectivity index (χ3n) is 2.71. The molecule has 106 valence electrons. The zero-order valence-electron chi connectivity index (χ0n) is 12.2. The highest BCUT2D eigenvalue weighted by Crippen LogP contribution is 2.17. The SMILES string of the molecule is CCOc1ccc(C(C)NC(=S)NCC(C)C)cc1. The number of hydrogen-bond donors (Lipinski definition) is 2. The number of ether oxygens (including phenoxy) is 1. The topological polar surface area (TPSA) is 33.3 Å². The smallest absolute Gasteiger partial charge is 0.166 e. The molecule has 0 fully saturated rings. The van der Waals surface area contributed by atoms with E-state index in [4.69, 9.17) is 17.0 Å². The van der Waals surface area contributed by atoms with Crippen molar-refractivity contribution in [1.82, 2.24) is 10.6 Å². The van der Waals surface area contributed by atoms with Crippen molar-refractivity contribution < 1.29 is 4.74 Å². The molecule has 3 nitrogen and oxygen atoms in total. The Hall–Kier alpha value is -1.29. The standard InChI is InChI=1S/C15H24N2OS/c1-5-18-14-8-6-13(7-9-14)12(4)17-15(19)16-10-11(2)3/h6-9,11-12H,5,10H2,1-4H3,(H2,16,17,19). The second-order valence-electron chi connectivity index (χ2n) is 4.97. The lowest BCUT2D eigenvalue weighted by molar-refractivity contribution is 0.340. The molecule has 0 bridgehead atoms. The van der Waals surface area contributed by atoms with Crippen LogP contribution in [-0.4, -0.2) is 18.3 Å². The van der Waals surface area contributed by atoms with Crippen molar-refractivity contribution in [2.24, 2.45) is 5.92 Å². The van der Waals surface area contributed by atoms with Crippen LogP contribution >= 0.6 is 12.2 Å². The summed E-state index contributed by atoms with van der Waals surface area (Å²) in [7, 11) is 0. The van der Waals surface area contributed by atoms with Crippen LogP contribution in [0.15, 0.2) is 24.3 Å². The van der Waals surface area contributed by atoms with E-state index < -0.39 is 0 Å². The number of hydrogen-bond acceptors (Lipinski definition) is 2. The van der Waals surface area contributed by atoms with E-state index in [2.05, 4.69) is 43.5 Å². The molecule has 1 aromatic rings. The van der Waals surface area contributed by atoms with Gasteiger partial charge in [0.05, 0.1) is 12.6 Å². The predicted octanol–water partition coefficient (Wildman–Crippen LogP) is 3.27. The third kappa shape index (κ3) is 5.92. The fraction of sp³-hybridized carbons (Fsp3) is 0.533. The number of rotatable bonds is 6. The van der Waals surface area contributed by atoms with Crippen LogP contribution in [-0.2, 0) is 0 Å². The van der Waals surface area contributed by atoms with Crippen LogP contribution in [0.4, 0.5) is 0 Å². The Balaban J connectivity index is 2.48. The van der Waals surface area contributed by atoms with Crippen molar-refractivity contribution >= 4 is 17.3 Å². The fourth-order valence-electron chi connectivity index (χ4n) is 1.65. The van der Waals surface area contributed by atoms with E-state index >= 15 is 0 Å². The van der Waals surface area contributed by atoms with Gasteiger partial charge >= 0.3 is 0 Å². The Morgan fingerprint density at radius 2 is 1.84 bits per heavy atom. The Bertz CT molecular complexity index is 390. The minimum absolute atomic E-state index is 0.183. The number of thiocarbonyl (C=S) groups is 1. The van der Waals surface area contributed by atoms with E-state index in [9.17, 15) is 0 Å². The largest absolute Gasteiger partial charge is 0.494 e. The Morgan fingerprint density at radius 1 is 1.21 bits per heavy atom. The maximum Gasteiger partial charge on any atom is 0.166 e. The summed E-state index contributed by atoms with van der Waals surface area (Å²) in [6.45, 7) is 9.98. The molecule has 0 saturated carbocycles. The van der Waals surface area contributed by atoms with Crippen LogP contribution in [0.1, 0.15) is 39.3 Å². The molecule has 0 radical (unpaired) electrons. The van der Waals surface area contributed by atoms with Crippen molar-refractivity contribution in [3.05, 3.63) is 29.8 Å². The van der Waals surface area contributed by atoms with Gasteiger partial charge in [0, 0.05) is 6.54 Å². The first-order valence-corrected chi connectivity index (χ1v) is 7.20. The van der Waals surface area contributed by atoms with Crippen LogP contribution in [0.3, 0.4) is 0 Å². The lowest BCUT2D eigenvalue weighted by atomic mass is 10.1. The molecule has 1 unspecified atom stereocenters. The van der Waals surface area contributed by atoms with Crippen molar-refractivity contribution in [3.8, 4) is 5.75 Å². The van der Waals surface area contributed by atoms with Gasteiger partial charge in [-0.1, -0.05) is 26.0 Å². The first-order valence-electron chi connectivity index (χ1n) is 6.80. The average molecular weight is 280 g/mol. The van der Waals surface area contributed by atoms with E-state index in [1.54, 1.807) is 0 Å². The highest BCUT2D eigenvalue weighted by Gasteiger charge is 2.07. The normalized spacial score (nSPS) is 12.1. The molecule has 0 aliphatic carbocycles. The molecule has 0 spiro atoms. The van der Waals surface area contributed by atoms with Crippen molar-refractivity contribution in [1.29, 1.82) is 0 Å². The van der Waals surface area contributed by atoms with Gasteiger partial charge in [0.15, 0.2) is 5.11 Å². The van der Waals surface area contributed by atoms with Crippen molar-refractivity contribution in [2.45, 2.75) is 33.7 Å². The van der Waals surface area contributed by atoms with Gasteiger partial charge in [0.2, 0.25) is 0 Å². The first kappa shape index (κ1) is 15.8. The van der Waals surface area contributed by atoms with E-state index in [0.717, 1.165) is 12.3 Å². The third-order valence-corrected chi connectivity index (χ3v) is 2.97. The van der Waals surface area contributed by atoms with Crippen molar-refractivity contribution in [3.63, 3.8) is 0 Å². The van der Waals surface area contributed by atoms with E-state index in [1.165, 1.54) is 5.56 Å². The number of benzene rings is 1. The van der Waals surface area contributed by atoms with Crippen LogP contribution in [0.5, 0.6) is 5.75 Å². The summed E-state index contributed by atoms with van der Waals surface area (Å²) < 4.78 is 5.43. The summed E-state index contributed by atoms with van der Waals surface area (Å²) in [5, 5.41) is 7.20. The Labute approximate surface area is 121 Å². The van der Waals surface area contributed by atoms with Gasteiger partial charge in [-0.15, -0.1) is 0 Å². The first-order chi connectivity index (χ1) is 9.02. The summed E-state index contributed by atoms with van der Waals surface area (Å²) in [5.41, 5.74) is 1.19. The van der Waals surface area contributed by atoms with E-state index in [1.807, 2.05) is 19.1 Å². The van der Waals surface area contributed by atoms with E-state index in [0.29, 0.717) is 17.6 Å². The minimum atomic E-state index is 0.183. The molecular formula is C15H24N2OS. The Morgan fingerprint density at radius 3 is 2.37 bits per heavy atom. The second kappa shape index (κ2) is 8.00. The molecule has 0 aliphatic heterocycles. The monoisotopic (exact) mass is 280 g/mol. The maximum absolute atomic E-state index is 5.43. The van der Waals surface area contributed by atoms with Gasteiger partial charge in [-0.25, -0.2) is 0 Å². The minimum Gasteiger partial charge on any atom is -0.494 e. The highest BCUT2D eigenvalue weighted by molar-refractivity contribution is 7.80. The van der Waals surface area contributed by atoms with E-state index in [-0.39, 0.29) is 6.04 Å². The van der Waals surface area contributed by atoms with Gasteiger partial charge < -0.3 is 15.4 Å². The van der Waals surface area contributed by atoms with Gasteiger partial charge in [0.1, 0.15) is 5.75 Å². The average Bonchev–Trinajstić information content (AvgIpc) is 2.37. The lowest BCUT2D eigenvalue weighted by Gasteiger charge is -2.18. The molecule has 1 atom stereocenters. The van der Waals surface area contributed by atoms with Crippen LogP contribution in [0.2, 0.25) is 0 Å². The molecule has 1 rings (SSSR count). The molecule has 19 heavy (non-hydrogen) atoms. The number of nitrogens with one attached hydrogen (secondary N) is 2. The summed E-state index contributed by atoms with van der Waals surface area (Å²) in [6.07, 6.45) is 0. The molecule has 0 heterocycles. The lowest BCUT2D eigenvalue weighted by Crippen LogP contribution is -2.38. The van der Waals surface area contributed by atoms with Crippen LogP contribution in [0, 0.1) is 5.92 Å². The summed E-state index contributed by atoms with van der Waals surface area (Å²) >= 11 is 5.27. The van der Waals surface area contributed by atoms with Gasteiger partial charge in [0.25, 0.3) is 0 Å². The summed E-state index contributed by atoms with van der Waals surface area (Å²) in [6, 6.07) is 8.29. The molecule has 2 N–H and O–H groups in total. The molecule has 0 saturated heterocycles. The molecule has 4 heteroatoms. The molecule has 0 aromatic heterocycles. The zero-order chi connectivity index (χ0) is 14.3. The molecule has 1 aromatic carbocycles. The summed E-state index contributed by atoms with van der Waals surface area (Å²) in [5.74, 6) is 1.49. The van der Waals surface area contributed by atoms with Gasteiger partial charge in [-0.05, 0) is 49.7 Å². The highest BCUT2D eigenvalue weighted by atomic mass is 32.1. The molecule has 0 amide bonds. The van der Waals surface area contributed by atoms with Crippen LogP contribution < -0.4 is 15.4 Å². The quantitative estimate of drug-likeness (QED) is 0.784. The predicted molar refractivity (Wildman–Crippen MR) is 84.6 cm³/mol. The summed E-state index contributed by atoms with van der Waals surface area (Å²) in [4.78, 5) is 0. The van der Waals surface area contributed by atoms with Crippen molar-refractivity contribution in [2.75, 3.05) is 13.2 Å². The maximum atomic E-state index is 5.43. The zero-order valence-corrected chi connectivity index (χ0v) is 13.0. The Kier molecular flexibility index (Phi) is 6.64. The molecular weight excluding hydrogens is 256 g/mol.